The van der Waals surface area contributed by atoms with E-state index in [0.29, 0.717) is 0 Å². The minimum Gasteiger partial charge on any atom is -0.465 e. The minimum absolute atomic E-state index is 0.0771. The summed E-state index contributed by atoms with van der Waals surface area (Å²) in [5, 5.41) is 13.8. The number of furan rings is 1. The summed E-state index contributed by atoms with van der Waals surface area (Å²) in [6.07, 6.45) is -7.63. The molecule has 2 aliphatic heterocycles. The van der Waals surface area contributed by atoms with E-state index >= 15 is 0 Å². The summed E-state index contributed by atoms with van der Waals surface area (Å²) in [7, 11) is 0. The number of ether oxygens (including phenoxy) is 9. The Morgan fingerprint density at radius 3 is 2.05 bits per heavy atom. The van der Waals surface area contributed by atoms with Crippen LogP contribution in [0.25, 0.3) is 0 Å². The first-order valence-corrected chi connectivity index (χ1v) is 20.9. The van der Waals surface area contributed by atoms with Gasteiger partial charge in [-0.15, -0.1) is 0 Å². The highest BCUT2D eigenvalue weighted by Crippen LogP contribution is 2.70. The zero-order valence-electron chi connectivity index (χ0n) is 37.1. The second-order valence-corrected chi connectivity index (χ2v) is 17.1. The number of carbonyl (C=O) groups is 8. The lowest BCUT2D eigenvalue weighted by atomic mass is 9.45. The maximum Gasteiger partial charge on any atom is 0.374 e. The predicted molar refractivity (Wildman–Crippen MR) is 215 cm³/mol. The number of aliphatic hydroxyl groups is 1. The van der Waals surface area contributed by atoms with Gasteiger partial charge in [-0.1, -0.05) is 13.8 Å². The van der Waals surface area contributed by atoms with E-state index in [1.54, 1.807) is 6.92 Å². The monoisotopic (exact) mass is 920 g/mol. The molecule has 1 N–H and O–H groups in total. The SMILES string of the molecule is CC(=O)OC[C@]12[C@H](OC(C)=O)[C@H](OC(=O)c3cccnc3)[C@@H]3[C@@H](OC(=O)c4ccco4)[C@@]14O[C@@]3(C)COC(=O)c1cccnc1C(C)C(C)C(=O)O[C@@H]([C@H](OC(C)=O)[C@@H]2OC(C)=O)[C@]4(C)O. The van der Waals surface area contributed by atoms with E-state index in [0.717, 1.165) is 47.1 Å². The van der Waals surface area contributed by atoms with Crippen molar-refractivity contribution in [2.75, 3.05) is 13.2 Å². The van der Waals surface area contributed by atoms with Crippen molar-refractivity contribution in [3.63, 3.8) is 0 Å². The molecule has 1 saturated heterocycles. The van der Waals surface area contributed by atoms with Crippen molar-refractivity contribution in [1.82, 2.24) is 9.97 Å². The van der Waals surface area contributed by atoms with Gasteiger partial charge in [0.1, 0.15) is 42.0 Å². The number of carbonyl (C=O) groups excluding carboxylic acids is 8. The molecule has 5 heterocycles. The van der Waals surface area contributed by atoms with Gasteiger partial charge in [0.05, 0.1) is 34.9 Å². The Labute approximate surface area is 376 Å². The first-order valence-electron chi connectivity index (χ1n) is 20.9. The highest BCUT2D eigenvalue weighted by molar-refractivity contribution is 5.91. The van der Waals surface area contributed by atoms with Crippen molar-refractivity contribution in [2.45, 2.75) is 115 Å². The quantitative estimate of drug-likeness (QED) is 0.238. The summed E-state index contributed by atoms with van der Waals surface area (Å²) in [6.45, 7) is 7.37. The molecule has 3 aromatic rings. The summed E-state index contributed by atoms with van der Waals surface area (Å²) in [6, 6.07) is 8.25. The molecule has 0 radical (unpaired) electrons. The minimum atomic E-state index is -2.94. The largest absolute Gasteiger partial charge is 0.465 e. The van der Waals surface area contributed by atoms with Gasteiger partial charge in [0.2, 0.25) is 5.76 Å². The fourth-order valence-electron chi connectivity index (χ4n) is 10.1. The second kappa shape index (κ2) is 17.6. The van der Waals surface area contributed by atoms with Crippen LogP contribution in [-0.4, -0.2) is 129 Å². The van der Waals surface area contributed by atoms with Gasteiger partial charge in [0.25, 0.3) is 0 Å². The Hall–Kier alpha value is -6.74. The highest BCUT2D eigenvalue weighted by atomic mass is 16.7. The fourth-order valence-corrected chi connectivity index (χ4v) is 10.1. The molecule has 2 saturated carbocycles. The van der Waals surface area contributed by atoms with Crippen LogP contribution in [0.15, 0.2) is 65.7 Å². The highest BCUT2D eigenvalue weighted by Gasteiger charge is 2.92. The third-order valence-electron chi connectivity index (χ3n) is 12.9. The Kier molecular flexibility index (Phi) is 12.6. The van der Waals surface area contributed by atoms with Gasteiger partial charge in [-0.2, -0.15) is 0 Å². The van der Waals surface area contributed by atoms with Gasteiger partial charge in [0.15, 0.2) is 30.0 Å². The summed E-state index contributed by atoms with van der Waals surface area (Å²) in [5.41, 5.74) is -10.9. The zero-order valence-corrected chi connectivity index (χ0v) is 37.1. The summed E-state index contributed by atoms with van der Waals surface area (Å²) >= 11 is 0. The molecule has 21 nitrogen and oxygen atoms in total. The Bertz CT molecular complexity index is 2420. The van der Waals surface area contributed by atoms with E-state index in [2.05, 4.69) is 9.97 Å². The lowest BCUT2D eigenvalue weighted by Crippen LogP contribution is -2.89. The van der Waals surface area contributed by atoms with Gasteiger partial charge in [-0.3, -0.25) is 33.9 Å². The van der Waals surface area contributed by atoms with E-state index in [9.17, 15) is 43.5 Å². The number of esters is 8. The van der Waals surface area contributed by atoms with Crippen LogP contribution in [0.2, 0.25) is 0 Å². The van der Waals surface area contributed by atoms with Crippen molar-refractivity contribution in [3.05, 3.63) is 83.8 Å². The Balaban J connectivity index is 1.65. The fraction of sp³-hybridized carbons (Fsp3) is 0.511. The maximum absolute atomic E-state index is 14.6. The second-order valence-electron chi connectivity index (χ2n) is 17.1. The molecule has 3 aromatic heterocycles. The Morgan fingerprint density at radius 2 is 1.44 bits per heavy atom. The molecule has 66 heavy (non-hydrogen) atoms. The standard InChI is InChI=1S/C45H48N2O19/c1-21-22(2)38(52)65-35-33(60-24(4)49)37(62-26(6)51)44(20-58-23(3)48)36(61-25(5)50)32(63-39(53)27-12-9-15-46-18-27)30-34(64-41(55)29-14-11-17-57-29)45(44,43(35,8)56)66-42(30,7)19-59-40(54)28-13-10-16-47-31(21)28/h9-18,21-22,30,32-37,56H,19-20H2,1-8H3/t21?,22?,30-,32-,33+,34-,35+,36-,37+,42+,43+,44-,45+/m1/s1. The molecule has 0 amide bonds. The van der Waals surface area contributed by atoms with Crippen molar-refractivity contribution < 1.29 is 90.5 Å². The van der Waals surface area contributed by atoms with Gasteiger partial charge < -0.3 is 52.2 Å². The first kappa shape index (κ1) is 47.2. The molecule has 352 valence electrons. The third-order valence-corrected chi connectivity index (χ3v) is 12.9. The number of cyclic esters (lactones) is 1. The van der Waals surface area contributed by atoms with Crippen molar-refractivity contribution in [1.29, 1.82) is 0 Å². The molecule has 21 heteroatoms. The molecule has 1 spiro atoms. The van der Waals surface area contributed by atoms with Crippen LogP contribution in [-0.2, 0) is 66.6 Å². The normalized spacial score (nSPS) is 34.5. The molecule has 2 unspecified atom stereocenters. The third kappa shape index (κ3) is 7.72. The summed E-state index contributed by atoms with van der Waals surface area (Å²) in [4.78, 5) is 120. The number of hydrogen-bond acceptors (Lipinski definition) is 21. The average Bonchev–Trinajstić information content (AvgIpc) is 3.88. The van der Waals surface area contributed by atoms with E-state index in [1.807, 2.05) is 0 Å². The van der Waals surface area contributed by atoms with E-state index in [1.165, 1.54) is 62.6 Å². The van der Waals surface area contributed by atoms with Crippen molar-refractivity contribution in [2.24, 2.45) is 17.3 Å². The smallest absolute Gasteiger partial charge is 0.374 e. The van der Waals surface area contributed by atoms with Crippen LogP contribution in [0.4, 0.5) is 0 Å². The number of fused-ring (bicyclic) bond motifs is 5. The molecule has 7 rings (SSSR count). The molecule has 4 bridgehead atoms. The Morgan fingerprint density at radius 1 is 0.773 bits per heavy atom. The van der Waals surface area contributed by atoms with Gasteiger partial charge in [0, 0.05) is 52.2 Å². The number of nitrogens with zero attached hydrogens (tertiary/aromatic N) is 2. The molecular weight excluding hydrogens is 872 g/mol. The number of aromatic nitrogens is 2. The topological polar surface area (TPSA) is 279 Å². The van der Waals surface area contributed by atoms with Crippen LogP contribution in [0.1, 0.15) is 98.3 Å². The average molecular weight is 921 g/mol. The van der Waals surface area contributed by atoms with E-state index < -0.39 is 143 Å². The van der Waals surface area contributed by atoms with E-state index in [4.69, 9.17) is 47.0 Å². The van der Waals surface area contributed by atoms with Crippen molar-refractivity contribution in [3.8, 4) is 0 Å². The lowest BCUT2D eigenvalue weighted by molar-refractivity contribution is -0.385. The molecule has 0 aromatic carbocycles. The van der Waals surface area contributed by atoms with Crippen LogP contribution in [0, 0.1) is 17.3 Å². The van der Waals surface area contributed by atoms with Crippen LogP contribution >= 0.6 is 0 Å². The predicted octanol–water partition coefficient (Wildman–Crippen LogP) is 2.61. The molecule has 3 fully saturated rings. The lowest BCUT2D eigenvalue weighted by Gasteiger charge is -2.67. The first-order chi connectivity index (χ1) is 31.1. The summed E-state index contributed by atoms with van der Waals surface area (Å²) < 4.78 is 61.4. The van der Waals surface area contributed by atoms with Gasteiger partial charge in [-0.25, -0.2) is 14.4 Å². The molecule has 13 atom stereocenters. The number of hydrogen-bond donors (Lipinski definition) is 1. The van der Waals surface area contributed by atoms with Crippen molar-refractivity contribution >= 4 is 47.8 Å². The maximum atomic E-state index is 14.6. The zero-order chi connectivity index (χ0) is 48.1. The van der Waals surface area contributed by atoms with Crippen LogP contribution in [0.3, 0.4) is 0 Å². The van der Waals surface area contributed by atoms with Gasteiger partial charge >= 0.3 is 47.8 Å². The number of pyridine rings is 2. The summed E-state index contributed by atoms with van der Waals surface area (Å²) in [5.74, 6) is -12.9. The van der Waals surface area contributed by atoms with Crippen LogP contribution in [0.5, 0.6) is 0 Å². The molecule has 2 aliphatic carbocycles. The van der Waals surface area contributed by atoms with Crippen LogP contribution < -0.4 is 0 Å². The van der Waals surface area contributed by atoms with E-state index in [-0.39, 0.29) is 16.8 Å². The van der Waals surface area contributed by atoms with Gasteiger partial charge in [-0.05, 0) is 50.2 Å². The molecular formula is C45H48N2O19. The molecule has 4 aliphatic rings. The number of rotatable bonds is 9.